The van der Waals surface area contributed by atoms with Crippen molar-refractivity contribution in [3.8, 4) is 0 Å². The first kappa shape index (κ1) is 22.9. The zero-order valence-corrected chi connectivity index (χ0v) is 18.4. The van der Waals surface area contributed by atoms with Gasteiger partial charge >= 0.3 is 5.97 Å². The van der Waals surface area contributed by atoms with E-state index < -0.39 is 0 Å². The molecule has 0 radical (unpaired) electrons. The van der Waals surface area contributed by atoms with Gasteiger partial charge in [0.1, 0.15) is 0 Å². The highest BCUT2D eigenvalue weighted by atomic mass is 32.2. The van der Waals surface area contributed by atoms with E-state index in [0.717, 1.165) is 25.0 Å². The summed E-state index contributed by atoms with van der Waals surface area (Å²) in [5.41, 5.74) is 1.19. The minimum Gasteiger partial charge on any atom is -0.469 e. The molecule has 2 N–H and O–H groups in total. The number of hydrogen-bond acceptors (Lipinski definition) is 5. The molecule has 0 spiro atoms. The third-order valence-electron chi connectivity index (χ3n) is 5.36. The number of esters is 1. The fourth-order valence-corrected chi connectivity index (χ4v) is 5.21. The van der Waals surface area contributed by atoms with Gasteiger partial charge in [0.15, 0.2) is 0 Å². The molecular weight excluding hydrogens is 412 g/mol. The smallest absolute Gasteiger partial charge is 0.305 e. The largest absolute Gasteiger partial charge is 0.469 e. The van der Waals surface area contributed by atoms with Crippen LogP contribution >= 0.6 is 11.8 Å². The van der Waals surface area contributed by atoms with Gasteiger partial charge < -0.3 is 15.4 Å². The second-order valence-electron chi connectivity index (χ2n) is 7.50. The van der Waals surface area contributed by atoms with Crippen LogP contribution in [-0.4, -0.2) is 48.0 Å². The highest BCUT2D eigenvalue weighted by Gasteiger charge is 2.38. The minimum absolute atomic E-state index is 0.142. The van der Waals surface area contributed by atoms with Crippen molar-refractivity contribution in [3.05, 3.63) is 71.8 Å². The third kappa shape index (κ3) is 6.59. The molecule has 0 aliphatic carbocycles. The zero-order chi connectivity index (χ0) is 22.1. The first-order valence-electron chi connectivity index (χ1n) is 10.5. The molecule has 31 heavy (non-hydrogen) atoms. The molecular formula is C24H28N2O4S. The van der Waals surface area contributed by atoms with E-state index in [1.54, 1.807) is 36.0 Å². The predicted molar refractivity (Wildman–Crippen MR) is 122 cm³/mol. The zero-order valence-electron chi connectivity index (χ0n) is 17.6. The van der Waals surface area contributed by atoms with Crippen LogP contribution in [0, 0.1) is 0 Å². The SMILES string of the molecule is COC(=O)CCCC[C@@H]1SC[C@@H](NC(=O)c2ccccc2)[C@H]1NC(=O)c1ccccc1. The van der Waals surface area contributed by atoms with E-state index in [9.17, 15) is 14.4 Å². The van der Waals surface area contributed by atoms with Gasteiger partial charge in [0.2, 0.25) is 0 Å². The van der Waals surface area contributed by atoms with Crippen LogP contribution in [0.3, 0.4) is 0 Å². The van der Waals surface area contributed by atoms with E-state index in [0.29, 0.717) is 17.5 Å². The van der Waals surface area contributed by atoms with Gasteiger partial charge in [0.25, 0.3) is 11.8 Å². The first-order valence-corrected chi connectivity index (χ1v) is 11.5. The fraction of sp³-hybridized carbons (Fsp3) is 0.375. The Morgan fingerprint density at radius 1 is 0.903 bits per heavy atom. The number of benzene rings is 2. The number of carbonyl (C=O) groups is 3. The number of amides is 2. The van der Waals surface area contributed by atoms with Crippen molar-refractivity contribution in [2.75, 3.05) is 12.9 Å². The summed E-state index contributed by atoms with van der Waals surface area (Å²) in [6, 6.07) is 17.8. The number of methoxy groups -OCH3 is 1. The molecule has 6 nitrogen and oxygen atoms in total. The Morgan fingerprint density at radius 2 is 1.48 bits per heavy atom. The molecule has 0 aromatic heterocycles. The standard InChI is InChI=1S/C24H28N2O4S/c1-30-21(27)15-9-8-14-20-22(26-24(29)18-12-6-3-7-13-18)19(16-31-20)25-23(28)17-10-4-2-5-11-17/h2-7,10-13,19-20,22H,8-9,14-16H2,1H3,(H,25,28)(H,26,29)/t19-,20+,22-/m1/s1. The van der Waals surface area contributed by atoms with Crippen LogP contribution in [0.15, 0.2) is 60.7 Å². The summed E-state index contributed by atoms with van der Waals surface area (Å²) in [7, 11) is 1.39. The molecule has 7 heteroatoms. The summed E-state index contributed by atoms with van der Waals surface area (Å²) >= 11 is 1.75. The molecule has 1 aliphatic heterocycles. The van der Waals surface area contributed by atoms with Gasteiger partial charge in [0, 0.05) is 28.6 Å². The molecule has 2 aromatic carbocycles. The van der Waals surface area contributed by atoms with Crippen LogP contribution in [-0.2, 0) is 9.53 Å². The average Bonchev–Trinajstić information content (AvgIpc) is 3.18. The quantitative estimate of drug-likeness (QED) is 0.461. The molecule has 1 aliphatic rings. The van der Waals surface area contributed by atoms with Gasteiger partial charge in [-0.2, -0.15) is 11.8 Å². The summed E-state index contributed by atoms with van der Waals surface area (Å²) in [4.78, 5) is 36.9. The average molecular weight is 441 g/mol. The Balaban J connectivity index is 1.66. The lowest BCUT2D eigenvalue weighted by molar-refractivity contribution is -0.140. The number of nitrogens with one attached hydrogen (secondary N) is 2. The summed E-state index contributed by atoms with van der Waals surface area (Å²) in [6.45, 7) is 0. The number of ether oxygens (including phenoxy) is 1. The Hall–Kier alpha value is -2.80. The molecule has 3 rings (SSSR count). The maximum atomic E-state index is 12.8. The van der Waals surface area contributed by atoms with Gasteiger partial charge in [-0.1, -0.05) is 42.8 Å². The summed E-state index contributed by atoms with van der Waals surface area (Å²) < 4.78 is 4.70. The van der Waals surface area contributed by atoms with Crippen LogP contribution in [0.2, 0.25) is 0 Å². The van der Waals surface area contributed by atoms with Gasteiger partial charge in [-0.25, -0.2) is 0 Å². The number of carbonyl (C=O) groups excluding carboxylic acids is 3. The van der Waals surface area contributed by atoms with Gasteiger partial charge in [-0.3, -0.25) is 14.4 Å². The van der Waals surface area contributed by atoms with E-state index in [-0.39, 0.29) is 35.1 Å². The van der Waals surface area contributed by atoms with Crippen molar-refractivity contribution < 1.29 is 19.1 Å². The number of thioether (sulfide) groups is 1. The number of unbranched alkanes of at least 4 members (excludes halogenated alkanes) is 1. The van der Waals surface area contributed by atoms with Crippen molar-refractivity contribution in [2.45, 2.75) is 43.0 Å². The Morgan fingerprint density at radius 3 is 2.06 bits per heavy atom. The molecule has 0 bridgehead atoms. The Bertz CT molecular complexity index is 876. The second-order valence-corrected chi connectivity index (χ2v) is 8.78. The third-order valence-corrected chi connectivity index (χ3v) is 6.87. The van der Waals surface area contributed by atoms with Crippen LogP contribution in [0.4, 0.5) is 0 Å². The van der Waals surface area contributed by atoms with Crippen molar-refractivity contribution >= 4 is 29.5 Å². The van der Waals surface area contributed by atoms with E-state index in [2.05, 4.69) is 10.6 Å². The number of rotatable bonds is 9. The molecule has 0 unspecified atom stereocenters. The molecule has 0 saturated carbocycles. The molecule has 1 saturated heterocycles. The van der Waals surface area contributed by atoms with Crippen LogP contribution in [0.25, 0.3) is 0 Å². The van der Waals surface area contributed by atoms with Crippen molar-refractivity contribution in [1.82, 2.24) is 10.6 Å². The van der Waals surface area contributed by atoms with Gasteiger partial charge in [-0.15, -0.1) is 0 Å². The Kier molecular flexibility index (Phi) is 8.53. The maximum absolute atomic E-state index is 12.8. The van der Waals surface area contributed by atoms with Crippen LogP contribution in [0.1, 0.15) is 46.4 Å². The van der Waals surface area contributed by atoms with Gasteiger partial charge in [0.05, 0.1) is 19.2 Å². The summed E-state index contributed by atoms with van der Waals surface area (Å²) in [5, 5.41) is 6.41. The molecule has 2 amide bonds. The van der Waals surface area contributed by atoms with Crippen molar-refractivity contribution in [2.24, 2.45) is 0 Å². The molecule has 3 atom stereocenters. The second kappa shape index (κ2) is 11.6. The van der Waals surface area contributed by atoms with E-state index in [4.69, 9.17) is 4.74 Å². The van der Waals surface area contributed by atoms with E-state index in [1.807, 2.05) is 36.4 Å². The molecule has 2 aromatic rings. The topological polar surface area (TPSA) is 84.5 Å². The lowest BCUT2D eigenvalue weighted by Gasteiger charge is -2.26. The lowest BCUT2D eigenvalue weighted by Crippen LogP contribution is -2.53. The van der Waals surface area contributed by atoms with Gasteiger partial charge in [-0.05, 0) is 37.1 Å². The monoisotopic (exact) mass is 440 g/mol. The van der Waals surface area contributed by atoms with Crippen LogP contribution in [0.5, 0.6) is 0 Å². The lowest BCUT2D eigenvalue weighted by atomic mass is 10.00. The Labute approximate surface area is 187 Å². The normalized spacial score (nSPS) is 20.1. The van der Waals surface area contributed by atoms with Crippen molar-refractivity contribution in [3.63, 3.8) is 0 Å². The highest BCUT2D eigenvalue weighted by molar-refractivity contribution is 8.00. The van der Waals surface area contributed by atoms with Crippen molar-refractivity contribution in [1.29, 1.82) is 0 Å². The first-order chi connectivity index (χ1) is 15.1. The molecule has 1 heterocycles. The summed E-state index contributed by atoms with van der Waals surface area (Å²) in [5.74, 6) is 0.226. The number of hydrogen-bond donors (Lipinski definition) is 2. The van der Waals surface area contributed by atoms with E-state index >= 15 is 0 Å². The molecule has 164 valence electrons. The predicted octanol–water partition coefficient (Wildman–Crippen LogP) is 3.43. The fourth-order valence-electron chi connectivity index (χ4n) is 3.66. The highest BCUT2D eigenvalue weighted by Crippen LogP contribution is 2.32. The summed E-state index contributed by atoms with van der Waals surface area (Å²) in [6.07, 6.45) is 2.83. The minimum atomic E-state index is -0.207. The van der Waals surface area contributed by atoms with Crippen LogP contribution < -0.4 is 10.6 Å². The maximum Gasteiger partial charge on any atom is 0.305 e. The van der Waals surface area contributed by atoms with E-state index in [1.165, 1.54) is 7.11 Å². The molecule has 1 fully saturated rings.